The Labute approximate surface area is 159 Å². The summed E-state index contributed by atoms with van der Waals surface area (Å²) in [6.07, 6.45) is 3.85. The summed E-state index contributed by atoms with van der Waals surface area (Å²) in [6.45, 7) is 3.95. The van der Waals surface area contributed by atoms with Crippen LogP contribution in [0.4, 0.5) is 0 Å². The average molecular weight is 370 g/mol. The van der Waals surface area contributed by atoms with Gasteiger partial charge in [-0.1, -0.05) is 12.1 Å². The van der Waals surface area contributed by atoms with Crippen LogP contribution in [0.25, 0.3) is 11.3 Å². The summed E-state index contributed by atoms with van der Waals surface area (Å²) >= 11 is 0. The molecule has 0 bridgehead atoms. The van der Waals surface area contributed by atoms with Crippen LogP contribution in [0.1, 0.15) is 38.3 Å². The van der Waals surface area contributed by atoms with Crippen molar-refractivity contribution in [3.8, 4) is 22.8 Å². The molecule has 27 heavy (non-hydrogen) atoms. The smallest absolute Gasteiger partial charge is 0.234 e. The summed E-state index contributed by atoms with van der Waals surface area (Å²) in [5, 5.41) is 4.26. The first-order chi connectivity index (χ1) is 13.1. The van der Waals surface area contributed by atoms with Gasteiger partial charge in [0.2, 0.25) is 5.91 Å². The largest absolute Gasteiger partial charge is 0.493 e. The van der Waals surface area contributed by atoms with Gasteiger partial charge in [-0.05, 0) is 49.8 Å². The Bertz CT molecular complexity index is 832. The second-order valence-corrected chi connectivity index (χ2v) is 7.70. The van der Waals surface area contributed by atoms with Crippen LogP contribution in [-0.4, -0.2) is 43.3 Å². The van der Waals surface area contributed by atoms with Crippen molar-refractivity contribution in [1.29, 1.82) is 0 Å². The van der Waals surface area contributed by atoms with Crippen LogP contribution in [0.3, 0.4) is 0 Å². The van der Waals surface area contributed by atoms with E-state index in [1.807, 2.05) is 29.2 Å². The predicted molar refractivity (Wildman–Crippen MR) is 101 cm³/mol. The highest BCUT2D eigenvalue weighted by Crippen LogP contribution is 2.50. The molecule has 1 aromatic heterocycles. The summed E-state index contributed by atoms with van der Waals surface area (Å²) in [7, 11) is 3.21. The first-order valence-electron chi connectivity index (χ1n) is 9.56. The summed E-state index contributed by atoms with van der Waals surface area (Å²) in [5.41, 5.74) is 1.11. The molecule has 0 atom stereocenters. The van der Waals surface area contributed by atoms with Gasteiger partial charge in [-0.3, -0.25) is 4.79 Å². The Morgan fingerprint density at radius 1 is 1.15 bits per heavy atom. The van der Waals surface area contributed by atoms with Gasteiger partial charge in [0.1, 0.15) is 0 Å². The molecule has 6 nitrogen and oxygen atoms in total. The molecule has 2 aliphatic rings. The fourth-order valence-electron chi connectivity index (χ4n) is 3.85. The summed E-state index contributed by atoms with van der Waals surface area (Å²) in [6, 6.07) is 7.50. The third-order valence-electron chi connectivity index (χ3n) is 5.90. The number of piperidine rings is 1. The van der Waals surface area contributed by atoms with Gasteiger partial charge < -0.3 is 18.9 Å². The lowest BCUT2D eigenvalue weighted by Gasteiger charge is -2.32. The molecule has 1 saturated carbocycles. The number of rotatable bonds is 5. The van der Waals surface area contributed by atoms with E-state index in [1.165, 1.54) is 0 Å². The standard InChI is InChI=1S/C21H26N2O4/c1-14-6-10-23(11-7-14)20(24)21(8-9-21)19-13-17(27-22-19)15-4-5-16(25-2)18(12-15)26-3/h4-5,12-14H,6-11H2,1-3H3. The number of methoxy groups -OCH3 is 2. The topological polar surface area (TPSA) is 64.8 Å². The number of hydrogen-bond donors (Lipinski definition) is 0. The van der Waals surface area contributed by atoms with E-state index in [4.69, 9.17) is 14.0 Å². The third-order valence-corrected chi connectivity index (χ3v) is 5.90. The molecule has 1 aliphatic carbocycles. The van der Waals surface area contributed by atoms with Crippen molar-refractivity contribution in [3.63, 3.8) is 0 Å². The Morgan fingerprint density at radius 3 is 2.48 bits per heavy atom. The Balaban J connectivity index is 1.56. The zero-order chi connectivity index (χ0) is 19.0. The van der Waals surface area contributed by atoms with Gasteiger partial charge in [0.15, 0.2) is 17.3 Å². The molecule has 2 aromatic rings. The number of ether oxygens (including phenoxy) is 2. The number of amides is 1. The normalized spacial score (nSPS) is 19.0. The lowest BCUT2D eigenvalue weighted by atomic mass is 9.95. The van der Waals surface area contributed by atoms with E-state index in [2.05, 4.69) is 12.1 Å². The van der Waals surface area contributed by atoms with Gasteiger partial charge in [0, 0.05) is 24.7 Å². The lowest BCUT2D eigenvalue weighted by molar-refractivity contribution is -0.135. The second-order valence-electron chi connectivity index (χ2n) is 7.70. The minimum Gasteiger partial charge on any atom is -0.493 e. The number of aromatic nitrogens is 1. The molecule has 0 radical (unpaired) electrons. The molecule has 1 amide bonds. The van der Waals surface area contributed by atoms with Gasteiger partial charge in [-0.25, -0.2) is 0 Å². The van der Waals surface area contributed by atoms with Gasteiger partial charge >= 0.3 is 0 Å². The maximum atomic E-state index is 13.1. The molecule has 144 valence electrons. The molecule has 0 N–H and O–H groups in total. The van der Waals surface area contributed by atoms with Crippen LogP contribution in [0, 0.1) is 5.92 Å². The van der Waals surface area contributed by atoms with Crippen LogP contribution in [0.2, 0.25) is 0 Å². The van der Waals surface area contributed by atoms with E-state index in [-0.39, 0.29) is 5.91 Å². The quantitative estimate of drug-likeness (QED) is 0.804. The van der Waals surface area contributed by atoms with Crippen molar-refractivity contribution < 1.29 is 18.8 Å². The molecule has 4 rings (SSSR count). The Morgan fingerprint density at radius 2 is 1.85 bits per heavy atom. The molecule has 1 aliphatic heterocycles. The Kier molecular flexibility index (Phi) is 4.58. The molecule has 0 unspecified atom stereocenters. The van der Waals surface area contributed by atoms with E-state index in [9.17, 15) is 4.79 Å². The minimum absolute atomic E-state index is 0.210. The van der Waals surface area contributed by atoms with Crippen LogP contribution >= 0.6 is 0 Å². The Hall–Kier alpha value is -2.50. The van der Waals surface area contributed by atoms with Crippen molar-refractivity contribution in [3.05, 3.63) is 30.0 Å². The number of carbonyl (C=O) groups excluding carboxylic acids is 1. The average Bonchev–Trinajstić information content (AvgIpc) is 3.36. The van der Waals surface area contributed by atoms with Crippen LogP contribution < -0.4 is 9.47 Å². The third kappa shape index (κ3) is 3.17. The predicted octanol–water partition coefficient (Wildman–Crippen LogP) is 3.65. The first-order valence-corrected chi connectivity index (χ1v) is 9.56. The maximum Gasteiger partial charge on any atom is 0.234 e. The van der Waals surface area contributed by atoms with Crippen molar-refractivity contribution in [2.45, 2.75) is 38.0 Å². The highest BCUT2D eigenvalue weighted by molar-refractivity contribution is 5.91. The van der Waals surface area contributed by atoms with Gasteiger partial charge in [0.05, 0.1) is 25.3 Å². The van der Waals surface area contributed by atoms with E-state index in [0.717, 1.165) is 50.0 Å². The molecular weight excluding hydrogens is 344 g/mol. The minimum atomic E-state index is -0.487. The summed E-state index contributed by atoms with van der Waals surface area (Å²) in [5.74, 6) is 2.84. The molecule has 0 spiro atoms. The van der Waals surface area contributed by atoms with Crippen molar-refractivity contribution >= 4 is 5.91 Å². The number of nitrogens with zero attached hydrogens (tertiary/aromatic N) is 2. The van der Waals surface area contributed by atoms with Crippen LogP contribution in [0.15, 0.2) is 28.8 Å². The van der Waals surface area contributed by atoms with Gasteiger partial charge in [0.25, 0.3) is 0 Å². The first kappa shape index (κ1) is 17.9. The number of hydrogen-bond acceptors (Lipinski definition) is 5. The van der Waals surface area contributed by atoms with E-state index in [1.54, 1.807) is 14.2 Å². The number of likely N-dealkylation sites (tertiary alicyclic amines) is 1. The lowest BCUT2D eigenvalue weighted by Crippen LogP contribution is -2.43. The summed E-state index contributed by atoms with van der Waals surface area (Å²) < 4.78 is 16.2. The highest BCUT2D eigenvalue weighted by Gasteiger charge is 2.55. The van der Waals surface area contributed by atoms with Crippen LogP contribution in [0.5, 0.6) is 11.5 Å². The van der Waals surface area contributed by atoms with E-state index >= 15 is 0 Å². The molecule has 2 heterocycles. The maximum absolute atomic E-state index is 13.1. The molecular formula is C21H26N2O4. The van der Waals surface area contributed by atoms with Crippen molar-refractivity contribution in [2.24, 2.45) is 5.92 Å². The number of carbonyl (C=O) groups is 1. The summed E-state index contributed by atoms with van der Waals surface area (Å²) in [4.78, 5) is 15.1. The van der Waals surface area contributed by atoms with Crippen molar-refractivity contribution in [1.82, 2.24) is 10.1 Å². The van der Waals surface area contributed by atoms with Crippen molar-refractivity contribution in [2.75, 3.05) is 27.3 Å². The number of benzene rings is 1. The van der Waals surface area contributed by atoms with Gasteiger partial charge in [-0.2, -0.15) is 0 Å². The monoisotopic (exact) mass is 370 g/mol. The zero-order valence-electron chi connectivity index (χ0n) is 16.2. The molecule has 2 fully saturated rings. The zero-order valence-corrected chi connectivity index (χ0v) is 16.2. The van der Waals surface area contributed by atoms with Gasteiger partial charge in [-0.15, -0.1) is 0 Å². The SMILES string of the molecule is COc1ccc(-c2cc(C3(C(=O)N4CCC(C)CC4)CC3)no2)cc1OC. The fourth-order valence-corrected chi connectivity index (χ4v) is 3.85. The molecule has 1 saturated heterocycles. The van der Waals surface area contributed by atoms with E-state index in [0.29, 0.717) is 23.2 Å². The fraction of sp³-hybridized carbons (Fsp3) is 0.524. The van der Waals surface area contributed by atoms with E-state index < -0.39 is 5.41 Å². The molecule has 6 heteroatoms. The second kappa shape index (κ2) is 6.91. The highest BCUT2D eigenvalue weighted by atomic mass is 16.5. The van der Waals surface area contributed by atoms with Crippen LogP contribution in [-0.2, 0) is 10.2 Å². The molecule has 1 aromatic carbocycles.